The smallest absolute Gasteiger partial charge is 0.435 e. The summed E-state index contributed by atoms with van der Waals surface area (Å²) in [4.78, 5) is 40.3. The molecule has 0 radical (unpaired) electrons. The Bertz CT molecular complexity index is 975. The molecule has 27 heavy (non-hydrogen) atoms. The number of furan rings is 1. The van der Waals surface area contributed by atoms with Crippen LogP contribution < -0.4 is 5.32 Å². The number of carbonyl (C=O) groups excluding carboxylic acids is 3. The molecule has 3 aromatic rings. The number of thiazole rings is 1. The van der Waals surface area contributed by atoms with E-state index in [1.54, 1.807) is 12.3 Å². The number of rotatable bonds is 6. The van der Waals surface area contributed by atoms with Gasteiger partial charge in [-0.15, -0.1) is 16.4 Å². The third kappa shape index (κ3) is 3.82. The zero-order chi connectivity index (χ0) is 19.4. The van der Waals surface area contributed by atoms with Gasteiger partial charge in [-0.2, -0.15) is 4.68 Å². The number of nitrogens with zero attached hydrogens (tertiary/aromatic N) is 3. The Morgan fingerprint density at radius 2 is 2.11 bits per heavy atom. The lowest BCUT2D eigenvalue weighted by atomic mass is 10.4. The lowest BCUT2D eigenvalue weighted by molar-refractivity contribution is 0.0471. The first-order chi connectivity index (χ1) is 13.0. The van der Waals surface area contributed by atoms with Gasteiger partial charge in [0.05, 0.1) is 18.7 Å². The van der Waals surface area contributed by atoms with Crippen LogP contribution in [0.3, 0.4) is 0 Å². The van der Waals surface area contributed by atoms with Gasteiger partial charge in [0.2, 0.25) is 5.76 Å². The molecule has 0 aromatic carbocycles. The molecule has 10 nitrogen and oxygen atoms in total. The normalized spacial score (nSPS) is 10.7. The van der Waals surface area contributed by atoms with Crippen LogP contribution in [0.2, 0.25) is 0 Å². The van der Waals surface area contributed by atoms with Crippen molar-refractivity contribution in [1.29, 1.82) is 0 Å². The first-order valence-electron chi connectivity index (χ1n) is 8.11. The number of carbonyl (C=O) groups is 3. The van der Waals surface area contributed by atoms with Gasteiger partial charge in [-0.1, -0.05) is 6.92 Å². The molecule has 0 atom stereocenters. The highest BCUT2D eigenvalue weighted by molar-refractivity contribution is 7.07. The summed E-state index contributed by atoms with van der Waals surface area (Å²) in [6, 6.07) is 1.32. The second kappa shape index (κ2) is 7.99. The minimum atomic E-state index is -0.772. The lowest BCUT2D eigenvalue weighted by Gasteiger charge is -2.02. The molecule has 142 valence electrons. The van der Waals surface area contributed by atoms with Crippen molar-refractivity contribution in [3.63, 3.8) is 0 Å². The summed E-state index contributed by atoms with van der Waals surface area (Å²) in [5.74, 6) is -1.36. The van der Waals surface area contributed by atoms with E-state index in [1.165, 1.54) is 22.9 Å². The van der Waals surface area contributed by atoms with Gasteiger partial charge >= 0.3 is 12.1 Å². The van der Waals surface area contributed by atoms with Crippen LogP contribution in [0.25, 0.3) is 11.1 Å². The number of hydrogen-bond donors (Lipinski definition) is 1. The van der Waals surface area contributed by atoms with E-state index < -0.39 is 18.0 Å². The van der Waals surface area contributed by atoms with Crippen LogP contribution in [0.4, 0.5) is 10.6 Å². The number of ether oxygens (including phenoxy) is 2. The van der Waals surface area contributed by atoms with Crippen molar-refractivity contribution in [3.05, 3.63) is 28.4 Å². The minimum Gasteiger partial charge on any atom is -0.460 e. The molecular formula is C16H16N4O6S. The number of fused-ring (bicyclic) bond motifs is 1. The van der Waals surface area contributed by atoms with Crippen molar-refractivity contribution in [1.82, 2.24) is 14.8 Å². The Kier molecular flexibility index (Phi) is 5.50. The Morgan fingerprint density at radius 3 is 2.78 bits per heavy atom. The third-order valence-corrected chi connectivity index (χ3v) is 3.92. The minimum absolute atomic E-state index is 0.0365. The third-order valence-electron chi connectivity index (χ3n) is 3.33. The molecule has 0 aliphatic carbocycles. The van der Waals surface area contributed by atoms with Gasteiger partial charge in [0.25, 0.3) is 5.91 Å². The van der Waals surface area contributed by atoms with Crippen LogP contribution in [0.15, 0.2) is 21.4 Å². The molecule has 0 aliphatic rings. The molecule has 3 rings (SSSR count). The summed E-state index contributed by atoms with van der Waals surface area (Å²) in [6.07, 6.45) is -0.122. The standard InChI is InChI=1S/C16H16N4O6S/c1-3-5-25-15(22)11-6-10-12(26-11)13(19-20(10)16(23)24-4-2)18-14(21)9-7-27-8-17-9/h6-8H,3-5H2,1-2H3,(H,18,19,21). The summed E-state index contributed by atoms with van der Waals surface area (Å²) >= 11 is 1.26. The van der Waals surface area contributed by atoms with Gasteiger partial charge in [0.1, 0.15) is 11.2 Å². The summed E-state index contributed by atoms with van der Waals surface area (Å²) in [5.41, 5.74) is 1.92. The maximum absolute atomic E-state index is 12.2. The Balaban J connectivity index is 1.98. The first-order valence-corrected chi connectivity index (χ1v) is 9.05. The van der Waals surface area contributed by atoms with E-state index in [0.29, 0.717) is 6.42 Å². The largest absolute Gasteiger partial charge is 0.460 e. The maximum atomic E-state index is 12.2. The SMILES string of the molecule is CCCOC(=O)c1cc2c(o1)c(NC(=O)c1cscn1)nn2C(=O)OCC. The predicted octanol–water partition coefficient (Wildman–Crippen LogP) is 2.91. The molecule has 1 N–H and O–H groups in total. The fraction of sp³-hybridized carbons (Fsp3) is 0.312. The van der Waals surface area contributed by atoms with E-state index >= 15 is 0 Å². The number of hydrogen-bond acceptors (Lipinski definition) is 9. The van der Waals surface area contributed by atoms with Crippen LogP contribution >= 0.6 is 11.3 Å². The van der Waals surface area contributed by atoms with Gasteiger partial charge in [-0.05, 0) is 13.3 Å². The van der Waals surface area contributed by atoms with Crippen molar-refractivity contribution < 1.29 is 28.3 Å². The van der Waals surface area contributed by atoms with Gasteiger partial charge in [-0.3, -0.25) is 4.79 Å². The van der Waals surface area contributed by atoms with Gasteiger partial charge in [0, 0.05) is 11.4 Å². The summed E-state index contributed by atoms with van der Waals surface area (Å²) in [6.45, 7) is 3.86. The number of aromatic nitrogens is 3. The molecule has 3 heterocycles. The average molecular weight is 392 g/mol. The van der Waals surface area contributed by atoms with Crippen molar-refractivity contribution in [3.8, 4) is 0 Å². The van der Waals surface area contributed by atoms with Crippen molar-refractivity contribution in [2.75, 3.05) is 18.5 Å². The molecule has 0 fully saturated rings. The molecule has 1 amide bonds. The van der Waals surface area contributed by atoms with Gasteiger partial charge < -0.3 is 19.2 Å². The lowest BCUT2D eigenvalue weighted by Crippen LogP contribution is -2.17. The highest BCUT2D eigenvalue weighted by Gasteiger charge is 2.25. The molecule has 11 heteroatoms. The quantitative estimate of drug-likeness (QED) is 0.635. The van der Waals surface area contributed by atoms with Crippen molar-refractivity contribution in [2.24, 2.45) is 0 Å². The van der Waals surface area contributed by atoms with E-state index in [0.717, 1.165) is 4.68 Å². The van der Waals surface area contributed by atoms with E-state index in [4.69, 9.17) is 13.9 Å². The second-order valence-electron chi connectivity index (χ2n) is 5.25. The predicted molar refractivity (Wildman–Crippen MR) is 95.1 cm³/mol. The summed E-state index contributed by atoms with van der Waals surface area (Å²) in [7, 11) is 0. The van der Waals surface area contributed by atoms with Crippen LogP contribution in [-0.4, -0.2) is 45.9 Å². The molecule has 0 spiro atoms. The van der Waals surface area contributed by atoms with Crippen LogP contribution in [0.5, 0.6) is 0 Å². The van der Waals surface area contributed by atoms with E-state index in [1.807, 2.05) is 6.92 Å². The molecule has 0 saturated heterocycles. The van der Waals surface area contributed by atoms with Crippen LogP contribution in [0, 0.1) is 0 Å². The Labute approximate surface area is 157 Å². The van der Waals surface area contributed by atoms with Crippen LogP contribution in [0.1, 0.15) is 41.3 Å². The fourth-order valence-electron chi connectivity index (χ4n) is 2.18. The Hall–Kier alpha value is -3.21. The summed E-state index contributed by atoms with van der Waals surface area (Å²) in [5, 5.41) is 8.10. The van der Waals surface area contributed by atoms with Gasteiger partial charge in [-0.25, -0.2) is 14.6 Å². The van der Waals surface area contributed by atoms with E-state index in [-0.39, 0.29) is 41.6 Å². The topological polar surface area (TPSA) is 126 Å². The van der Waals surface area contributed by atoms with E-state index in [2.05, 4.69) is 15.4 Å². The van der Waals surface area contributed by atoms with E-state index in [9.17, 15) is 14.4 Å². The zero-order valence-electron chi connectivity index (χ0n) is 14.6. The number of nitrogens with one attached hydrogen (secondary N) is 1. The molecule has 0 unspecified atom stereocenters. The number of anilines is 1. The fourth-order valence-corrected chi connectivity index (χ4v) is 2.71. The first kappa shape index (κ1) is 18.6. The molecule has 0 bridgehead atoms. The highest BCUT2D eigenvalue weighted by atomic mass is 32.1. The van der Waals surface area contributed by atoms with Gasteiger partial charge in [0.15, 0.2) is 11.4 Å². The highest BCUT2D eigenvalue weighted by Crippen LogP contribution is 2.28. The van der Waals surface area contributed by atoms with Crippen molar-refractivity contribution in [2.45, 2.75) is 20.3 Å². The molecule has 0 saturated carbocycles. The molecule has 3 aromatic heterocycles. The zero-order valence-corrected chi connectivity index (χ0v) is 15.4. The summed E-state index contributed by atoms with van der Waals surface area (Å²) < 4.78 is 16.4. The second-order valence-corrected chi connectivity index (χ2v) is 5.97. The maximum Gasteiger partial charge on any atom is 0.435 e. The average Bonchev–Trinajstić information content (AvgIpc) is 3.37. The van der Waals surface area contributed by atoms with Crippen molar-refractivity contribution >= 4 is 46.2 Å². The Morgan fingerprint density at radius 1 is 1.30 bits per heavy atom. The molecule has 0 aliphatic heterocycles. The number of amides is 1. The number of esters is 1. The monoisotopic (exact) mass is 392 g/mol. The van der Waals surface area contributed by atoms with Crippen LogP contribution in [-0.2, 0) is 9.47 Å². The molecular weight excluding hydrogens is 376 g/mol.